The average Bonchev–Trinajstić information content (AvgIpc) is 2.81. The molecule has 0 spiro atoms. The van der Waals surface area contributed by atoms with E-state index in [4.69, 9.17) is 4.52 Å². The monoisotopic (exact) mass is 277 g/mol. The third-order valence-corrected chi connectivity index (χ3v) is 5.03. The lowest BCUT2D eigenvalue weighted by Gasteiger charge is -2.49. The van der Waals surface area contributed by atoms with Crippen molar-refractivity contribution in [2.45, 2.75) is 58.7 Å². The molecule has 1 aromatic heterocycles. The fourth-order valence-electron chi connectivity index (χ4n) is 3.95. The quantitative estimate of drug-likeness (QED) is 0.918. The van der Waals surface area contributed by atoms with Gasteiger partial charge < -0.3 is 14.7 Å². The number of likely N-dealkylation sites (tertiary alicyclic amines) is 1. The Kier molecular flexibility index (Phi) is 4.13. The van der Waals surface area contributed by atoms with E-state index in [1.54, 1.807) is 0 Å². The molecule has 112 valence electrons. The molecule has 1 saturated carbocycles. The van der Waals surface area contributed by atoms with E-state index in [9.17, 15) is 0 Å². The minimum Gasteiger partial charge on any atom is -0.361 e. The van der Waals surface area contributed by atoms with Crippen LogP contribution in [-0.4, -0.2) is 35.2 Å². The van der Waals surface area contributed by atoms with Crippen LogP contribution >= 0.6 is 0 Å². The summed E-state index contributed by atoms with van der Waals surface area (Å²) in [6, 6.07) is 3.37. The highest BCUT2D eigenvalue weighted by atomic mass is 16.5. The van der Waals surface area contributed by atoms with Crippen LogP contribution in [0.3, 0.4) is 0 Å². The number of aromatic nitrogens is 1. The molecule has 1 saturated heterocycles. The summed E-state index contributed by atoms with van der Waals surface area (Å²) in [6.45, 7) is 9.94. The summed E-state index contributed by atoms with van der Waals surface area (Å²) in [5.41, 5.74) is 1.03. The summed E-state index contributed by atoms with van der Waals surface area (Å²) in [5.74, 6) is 2.51. The molecule has 2 unspecified atom stereocenters. The number of hydrogen-bond donors (Lipinski definition) is 1. The van der Waals surface area contributed by atoms with E-state index in [-0.39, 0.29) is 0 Å². The fourth-order valence-corrected chi connectivity index (χ4v) is 3.95. The maximum atomic E-state index is 5.15. The Balaban J connectivity index is 1.61. The van der Waals surface area contributed by atoms with Crippen LogP contribution in [0.2, 0.25) is 0 Å². The first-order valence-electron chi connectivity index (χ1n) is 8.03. The van der Waals surface area contributed by atoms with Crippen LogP contribution < -0.4 is 5.32 Å². The smallest absolute Gasteiger partial charge is 0.133 e. The van der Waals surface area contributed by atoms with Gasteiger partial charge in [0.1, 0.15) is 5.76 Å². The average molecular weight is 277 g/mol. The molecular formula is C16H27N3O. The van der Waals surface area contributed by atoms with Crippen LogP contribution in [-0.2, 0) is 6.54 Å². The number of nitrogens with zero attached hydrogens (tertiary/aromatic N) is 2. The summed E-state index contributed by atoms with van der Waals surface area (Å²) in [6.07, 6.45) is 4.15. The van der Waals surface area contributed by atoms with Gasteiger partial charge in [-0.05, 0) is 45.4 Å². The molecule has 2 atom stereocenters. The zero-order chi connectivity index (χ0) is 14.1. The molecule has 4 heteroatoms. The molecule has 1 aliphatic heterocycles. The minimum absolute atomic E-state index is 0.663. The highest BCUT2D eigenvalue weighted by molar-refractivity contribution is 5.04. The van der Waals surface area contributed by atoms with Crippen molar-refractivity contribution < 1.29 is 4.52 Å². The highest BCUT2D eigenvalue weighted by Gasteiger charge is 2.39. The van der Waals surface area contributed by atoms with Gasteiger partial charge in [0.25, 0.3) is 0 Å². The first kappa shape index (κ1) is 14.1. The Morgan fingerprint density at radius 3 is 2.60 bits per heavy atom. The van der Waals surface area contributed by atoms with E-state index in [1.807, 2.05) is 13.0 Å². The summed E-state index contributed by atoms with van der Waals surface area (Å²) in [5, 5.41) is 7.85. The maximum absolute atomic E-state index is 5.15. The Morgan fingerprint density at radius 2 is 2.05 bits per heavy atom. The van der Waals surface area contributed by atoms with Crippen LogP contribution in [0.1, 0.15) is 44.6 Å². The van der Waals surface area contributed by atoms with E-state index in [1.165, 1.54) is 32.4 Å². The maximum Gasteiger partial charge on any atom is 0.133 e. The van der Waals surface area contributed by atoms with Gasteiger partial charge in [0, 0.05) is 37.8 Å². The molecule has 1 N–H and O–H groups in total. The third kappa shape index (κ3) is 2.91. The fraction of sp³-hybridized carbons (Fsp3) is 0.812. The lowest BCUT2D eigenvalue weighted by atomic mass is 9.73. The zero-order valence-electron chi connectivity index (χ0n) is 12.9. The molecule has 1 aromatic rings. The summed E-state index contributed by atoms with van der Waals surface area (Å²) in [7, 11) is 0. The van der Waals surface area contributed by atoms with Gasteiger partial charge >= 0.3 is 0 Å². The second kappa shape index (κ2) is 5.86. The van der Waals surface area contributed by atoms with Crippen molar-refractivity contribution in [1.82, 2.24) is 15.4 Å². The lowest BCUT2D eigenvalue weighted by Crippen LogP contribution is -2.58. The largest absolute Gasteiger partial charge is 0.361 e. The molecule has 0 amide bonds. The van der Waals surface area contributed by atoms with E-state index < -0.39 is 0 Å². The number of rotatable bonds is 4. The predicted octanol–water partition coefficient (Wildman–Crippen LogP) is 2.58. The van der Waals surface area contributed by atoms with Gasteiger partial charge in [-0.1, -0.05) is 11.6 Å². The van der Waals surface area contributed by atoms with Gasteiger partial charge in [-0.2, -0.15) is 0 Å². The predicted molar refractivity (Wildman–Crippen MR) is 79.4 cm³/mol. The van der Waals surface area contributed by atoms with Crippen molar-refractivity contribution in [3.05, 3.63) is 17.5 Å². The standard InChI is InChI=1S/C16H27N3O/c1-11(2)19-9-13-5-4-6-14(10-19)16(13)17-8-15-7-12(3)20-18-15/h7,11,13-14,16-17H,4-6,8-10H2,1-3H3. The second-order valence-corrected chi connectivity index (χ2v) is 6.83. The lowest BCUT2D eigenvalue weighted by molar-refractivity contribution is 0.0288. The molecule has 1 aliphatic carbocycles. The molecular weight excluding hydrogens is 250 g/mol. The van der Waals surface area contributed by atoms with Crippen molar-refractivity contribution in [3.63, 3.8) is 0 Å². The molecule has 0 radical (unpaired) electrons. The third-order valence-electron chi connectivity index (χ3n) is 5.03. The van der Waals surface area contributed by atoms with Gasteiger partial charge in [0.15, 0.2) is 0 Å². The molecule has 2 bridgehead atoms. The Morgan fingerprint density at radius 1 is 1.35 bits per heavy atom. The van der Waals surface area contributed by atoms with Crippen molar-refractivity contribution in [2.24, 2.45) is 11.8 Å². The summed E-state index contributed by atoms with van der Waals surface area (Å²) < 4.78 is 5.15. The molecule has 4 nitrogen and oxygen atoms in total. The number of hydrogen-bond acceptors (Lipinski definition) is 4. The van der Waals surface area contributed by atoms with Crippen LogP contribution in [0.4, 0.5) is 0 Å². The minimum atomic E-state index is 0.663. The van der Waals surface area contributed by atoms with Crippen LogP contribution in [0.5, 0.6) is 0 Å². The Labute approximate surface area is 121 Å². The van der Waals surface area contributed by atoms with E-state index in [2.05, 4.69) is 29.2 Å². The zero-order valence-corrected chi connectivity index (χ0v) is 12.9. The number of fused-ring (bicyclic) bond motifs is 2. The van der Waals surface area contributed by atoms with Crippen LogP contribution in [0.15, 0.2) is 10.6 Å². The van der Waals surface area contributed by atoms with E-state index >= 15 is 0 Å². The topological polar surface area (TPSA) is 41.3 Å². The summed E-state index contributed by atoms with van der Waals surface area (Å²) >= 11 is 0. The Hall–Kier alpha value is -0.870. The molecule has 3 rings (SSSR count). The SMILES string of the molecule is Cc1cc(CNC2C3CCCC2CN(C(C)C)C3)no1. The van der Waals surface area contributed by atoms with Gasteiger partial charge in [-0.25, -0.2) is 0 Å². The molecule has 20 heavy (non-hydrogen) atoms. The molecule has 2 fully saturated rings. The number of aryl methyl sites for hydroxylation is 1. The normalized spacial score (nSPS) is 30.9. The van der Waals surface area contributed by atoms with Gasteiger partial charge in [0.2, 0.25) is 0 Å². The second-order valence-electron chi connectivity index (χ2n) is 6.83. The first-order valence-corrected chi connectivity index (χ1v) is 8.03. The van der Waals surface area contributed by atoms with Gasteiger partial charge in [0.05, 0.1) is 5.69 Å². The van der Waals surface area contributed by atoms with Crippen LogP contribution in [0, 0.1) is 18.8 Å². The van der Waals surface area contributed by atoms with Crippen LogP contribution in [0.25, 0.3) is 0 Å². The summed E-state index contributed by atoms with van der Waals surface area (Å²) in [4.78, 5) is 2.66. The van der Waals surface area contributed by atoms with Gasteiger partial charge in [-0.3, -0.25) is 0 Å². The van der Waals surface area contributed by atoms with Crippen molar-refractivity contribution in [3.8, 4) is 0 Å². The number of nitrogens with one attached hydrogen (secondary N) is 1. The number of piperidine rings is 1. The Bertz CT molecular complexity index is 429. The van der Waals surface area contributed by atoms with E-state index in [0.717, 1.165) is 29.8 Å². The van der Waals surface area contributed by atoms with E-state index in [0.29, 0.717) is 12.1 Å². The van der Waals surface area contributed by atoms with Crippen molar-refractivity contribution in [1.29, 1.82) is 0 Å². The van der Waals surface area contributed by atoms with Crippen molar-refractivity contribution in [2.75, 3.05) is 13.1 Å². The molecule has 2 heterocycles. The molecule has 2 aliphatic rings. The molecule has 0 aromatic carbocycles. The highest BCUT2D eigenvalue weighted by Crippen LogP contribution is 2.35. The first-order chi connectivity index (χ1) is 9.63. The van der Waals surface area contributed by atoms with Crippen molar-refractivity contribution >= 4 is 0 Å². The van der Waals surface area contributed by atoms with Gasteiger partial charge in [-0.15, -0.1) is 0 Å².